The molecule has 196 valence electrons. The first kappa shape index (κ1) is 27.7. The third-order valence-electron chi connectivity index (χ3n) is 5.94. The van der Waals surface area contributed by atoms with Crippen LogP contribution in [-0.2, 0) is 4.79 Å². The van der Waals surface area contributed by atoms with Crippen LogP contribution in [0.4, 0.5) is 17.1 Å². The Hall–Kier alpha value is -3.92. The topological polar surface area (TPSA) is 135 Å². The van der Waals surface area contributed by atoms with E-state index in [1.54, 1.807) is 12.1 Å². The highest BCUT2D eigenvalue weighted by atomic mass is 32.1. The molecule has 3 aromatic rings. The molecule has 0 bridgehead atoms. The third kappa shape index (κ3) is 6.45. The largest absolute Gasteiger partial charge is 0.395 e. The predicted octanol–water partition coefficient (Wildman–Crippen LogP) is 3.75. The molecule has 1 atom stereocenters. The molecule has 0 spiro atoms. The second kappa shape index (κ2) is 11.9. The molecule has 1 aromatic heterocycles. The number of anilines is 3. The number of nitrogens with one attached hydrogen (secondary N) is 1. The highest BCUT2D eigenvalue weighted by molar-refractivity contribution is 7.09. The highest BCUT2D eigenvalue weighted by Crippen LogP contribution is 2.34. The quantitative estimate of drug-likeness (QED) is 0.371. The lowest BCUT2D eigenvalue weighted by Gasteiger charge is -2.31. The van der Waals surface area contributed by atoms with Gasteiger partial charge in [0.1, 0.15) is 10.9 Å². The Morgan fingerprint density at radius 1 is 1.00 bits per heavy atom. The molecule has 3 amide bonds. The zero-order valence-electron chi connectivity index (χ0n) is 21.8. The van der Waals surface area contributed by atoms with Crippen molar-refractivity contribution in [3.05, 3.63) is 70.2 Å². The van der Waals surface area contributed by atoms with E-state index in [2.05, 4.69) is 23.5 Å². The first-order chi connectivity index (χ1) is 17.5. The molecule has 0 saturated heterocycles. The van der Waals surface area contributed by atoms with Gasteiger partial charge in [0.2, 0.25) is 5.91 Å². The minimum Gasteiger partial charge on any atom is -0.395 e. The van der Waals surface area contributed by atoms with Gasteiger partial charge < -0.3 is 21.7 Å². The van der Waals surface area contributed by atoms with Crippen LogP contribution in [0.5, 0.6) is 0 Å². The Morgan fingerprint density at radius 3 is 2.11 bits per heavy atom. The van der Waals surface area contributed by atoms with Crippen molar-refractivity contribution in [3.8, 4) is 0 Å². The second-order valence-electron chi connectivity index (χ2n) is 9.51. The van der Waals surface area contributed by atoms with Crippen LogP contribution in [-0.4, -0.2) is 42.7 Å². The number of aryl methyl sites for hydroxylation is 1. The molecule has 0 aliphatic carbocycles. The van der Waals surface area contributed by atoms with Crippen LogP contribution in [0, 0.1) is 12.8 Å². The number of nitrogens with two attached hydrogens (primary N) is 2. The van der Waals surface area contributed by atoms with E-state index >= 15 is 0 Å². The van der Waals surface area contributed by atoms with Crippen LogP contribution in [0.25, 0.3) is 0 Å². The van der Waals surface area contributed by atoms with Crippen LogP contribution >= 0.6 is 11.5 Å². The van der Waals surface area contributed by atoms with Crippen molar-refractivity contribution in [2.24, 2.45) is 11.7 Å². The molecule has 10 heteroatoms. The number of carbonyl (C=O) groups excluding carboxylic acids is 3. The summed E-state index contributed by atoms with van der Waals surface area (Å²) in [7, 11) is 3.85. The Labute approximate surface area is 221 Å². The van der Waals surface area contributed by atoms with Crippen molar-refractivity contribution in [1.29, 1.82) is 0 Å². The maximum atomic E-state index is 14.0. The van der Waals surface area contributed by atoms with E-state index in [9.17, 15) is 14.4 Å². The Bertz CT molecular complexity index is 1250. The monoisotopic (exact) mass is 522 g/mol. The number of nitrogen functional groups attached to an aromatic ring is 1. The average Bonchev–Trinajstić information content (AvgIpc) is 3.24. The van der Waals surface area contributed by atoms with Gasteiger partial charge in [-0.2, -0.15) is 4.37 Å². The minimum absolute atomic E-state index is 0.0410. The third-order valence-corrected chi connectivity index (χ3v) is 6.79. The van der Waals surface area contributed by atoms with E-state index in [1.807, 2.05) is 62.3 Å². The van der Waals surface area contributed by atoms with Gasteiger partial charge in [0.15, 0.2) is 5.69 Å². The van der Waals surface area contributed by atoms with Gasteiger partial charge in [0.05, 0.1) is 5.69 Å². The van der Waals surface area contributed by atoms with E-state index in [1.165, 1.54) is 4.90 Å². The first-order valence-electron chi connectivity index (χ1n) is 12.0. The van der Waals surface area contributed by atoms with Crippen LogP contribution in [0.3, 0.4) is 0 Å². The molecule has 2 aromatic carbocycles. The number of carbonyl (C=O) groups is 3. The van der Waals surface area contributed by atoms with Crippen LogP contribution in [0.2, 0.25) is 0 Å². The van der Waals surface area contributed by atoms with E-state index in [0.29, 0.717) is 23.7 Å². The molecule has 9 nitrogen and oxygen atoms in total. The summed E-state index contributed by atoms with van der Waals surface area (Å²) in [5.41, 5.74) is 14.3. The summed E-state index contributed by atoms with van der Waals surface area (Å²) in [4.78, 5) is 42.9. The van der Waals surface area contributed by atoms with Crippen molar-refractivity contribution < 1.29 is 14.4 Å². The summed E-state index contributed by atoms with van der Waals surface area (Å²) in [5, 5.41) is 3.00. The van der Waals surface area contributed by atoms with Gasteiger partial charge in [-0.15, -0.1) is 0 Å². The summed E-state index contributed by atoms with van der Waals surface area (Å²) >= 11 is 0.786. The van der Waals surface area contributed by atoms with E-state index < -0.39 is 17.9 Å². The van der Waals surface area contributed by atoms with E-state index in [0.717, 1.165) is 29.2 Å². The van der Waals surface area contributed by atoms with E-state index in [-0.39, 0.29) is 22.2 Å². The fourth-order valence-electron chi connectivity index (χ4n) is 3.78. The van der Waals surface area contributed by atoms with Gasteiger partial charge in [0, 0.05) is 32.0 Å². The van der Waals surface area contributed by atoms with Crippen molar-refractivity contribution in [2.75, 3.05) is 36.2 Å². The Morgan fingerprint density at radius 2 is 1.59 bits per heavy atom. The van der Waals surface area contributed by atoms with E-state index in [4.69, 9.17) is 11.5 Å². The second-order valence-corrected chi connectivity index (χ2v) is 10.3. The molecule has 3 rings (SSSR count). The van der Waals surface area contributed by atoms with Crippen LogP contribution in [0.15, 0.2) is 48.5 Å². The molecular weight excluding hydrogens is 488 g/mol. The van der Waals surface area contributed by atoms with Gasteiger partial charge in [-0.25, -0.2) is 0 Å². The summed E-state index contributed by atoms with van der Waals surface area (Å²) in [6.07, 6.45) is 0.792. The number of primary amides is 1. The number of amides is 3. The molecule has 0 aliphatic heterocycles. The molecule has 1 unspecified atom stereocenters. The van der Waals surface area contributed by atoms with Crippen molar-refractivity contribution in [3.63, 3.8) is 0 Å². The number of nitrogens with zero attached hydrogens (tertiary/aromatic N) is 3. The Kier molecular flexibility index (Phi) is 8.88. The number of rotatable bonds is 10. The van der Waals surface area contributed by atoms with Gasteiger partial charge >= 0.3 is 0 Å². The molecule has 0 radical (unpaired) electrons. The maximum Gasteiger partial charge on any atom is 0.273 e. The molecule has 0 fully saturated rings. The zero-order valence-corrected chi connectivity index (χ0v) is 22.6. The summed E-state index contributed by atoms with van der Waals surface area (Å²) in [5.74, 6) is -1.30. The first-order valence-corrected chi connectivity index (χ1v) is 12.8. The Balaban J connectivity index is 2.16. The minimum atomic E-state index is -1.00. The standard InChI is InChI=1S/C27H34N6O3S/c1-16(2)14-15-30-26(35)23(18-8-12-19(13-9-18)32(4)5)33(20-10-6-17(3)7-11-20)27(36)24-21(28)22(25(29)34)31-37-24/h6-13,16,23H,14-15,28H2,1-5H3,(H2,29,34)(H,30,35). The number of hydrogen-bond acceptors (Lipinski definition) is 7. The highest BCUT2D eigenvalue weighted by Gasteiger charge is 2.36. The number of hydrogen-bond donors (Lipinski definition) is 3. The van der Waals surface area contributed by atoms with Gasteiger partial charge in [0.25, 0.3) is 11.8 Å². The van der Waals surface area contributed by atoms with Gasteiger partial charge in [-0.3, -0.25) is 19.3 Å². The molecule has 5 N–H and O–H groups in total. The number of aromatic nitrogens is 1. The SMILES string of the molecule is Cc1ccc(N(C(=O)c2snc(C(N)=O)c2N)C(C(=O)NCCC(C)C)c2ccc(N(C)C)cc2)cc1. The predicted molar refractivity (Wildman–Crippen MR) is 149 cm³/mol. The molecule has 0 saturated carbocycles. The van der Waals surface area contributed by atoms with Crippen molar-refractivity contribution >= 4 is 46.3 Å². The van der Waals surface area contributed by atoms with Crippen LogP contribution in [0.1, 0.15) is 57.6 Å². The lowest BCUT2D eigenvalue weighted by molar-refractivity contribution is -0.122. The van der Waals surface area contributed by atoms with Gasteiger partial charge in [-0.05, 0) is 60.6 Å². The summed E-state index contributed by atoms with van der Waals surface area (Å²) < 4.78 is 3.99. The fourth-order valence-corrected chi connectivity index (χ4v) is 4.52. The smallest absolute Gasteiger partial charge is 0.273 e. The van der Waals surface area contributed by atoms with Crippen molar-refractivity contribution in [2.45, 2.75) is 33.2 Å². The lowest BCUT2D eigenvalue weighted by atomic mass is 10.0. The van der Waals surface area contributed by atoms with Gasteiger partial charge in [-0.1, -0.05) is 43.7 Å². The average molecular weight is 523 g/mol. The normalized spacial score (nSPS) is 11.7. The van der Waals surface area contributed by atoms with Crippen LogP contribution < -0.4 is 26.6 Å². The van der Waals surface area contributed by atoms with Crippen molar-refractivity contribution in [1.82, 2.24) is 9.69 Å². The molecule has 1 heterocycles. The summed E-state index contributed by atoms with van der Waals surface area (Å²) in [6, 6.07) is 13.7. The molecule has 37 heavy (non-hydrogen) atoms. The zero-order chi connectivity index (χ0) is 27.3. The fraction of sp³-hybridized carbons (Fsp3) is 0.333. The molecular formula is C27H34N6O3S. The molecule has 0 aliphatic rings. The lowest BCUT2D eigenvalue weighted by Crippen LogP contribution is -2.44. The number of benzene rings is 2. The maximum absolute atomic E-state index is 14.0. The summed E-state index contributed by atoms with van der Waals surface area (Å²) in [6.45, 7) is 6.56.